The molecule has 3 heteroatoms. The van der Waals surface area contributed by atoms with Gasteiger partial charge in [0, 0.05) is 0 Å². The Balaban J connectivity index is 4.52. The van der Waals surface area contributed by atoms with E-state index in [1.54, 1.807) is 20.8 Å². The number of aliphatic hydroxyl groups is 1. The molecular weight excluding hydrogens is 180 g/mol. The summed E-state index contributed by atoms with van der Waals surface area (Å²) in [7, 11) is 0. The lowest BCUT2D eigenvalue weighted by atomic mass is 9.73. The lowest BCUT2D eigenvalue weighted by molar-refractivity contribution is -0.163. The van der Waals surface area contributed by atoms with Crippen LogP contribution in [-0.4, -0.2) is 21.8 Å². The van der Waals surface area contributed by atoms with Gasteiger partial charge in [-0.3, -0.25) is 4.79 Å². The zero-order valence-corrected chi connectivity index (χ0v) is 9.79. The Bertz CT molecular complexity index is 205. The summed E-state index contributed by atoms with van der Waals surface area (Å²) < 4.78 is 0. The third kappa shape index (κ3) is 2.98. The third-order valence-corrected chi connectivity index (χ3v) is 3.09. The quantitative estimate of drug-likeness (QED) is 0.719. The first-order chi connectivity index (χ1) is 6.11. The van der Waals surface area contributed by atoms with E-state index in [4.69, 9.17) is 5.11 Å². The van der Waals surface area contributed by atoms with Gasteiger partial charge in [0.2, 0.25) is 0 Å². The lowest BCUT2D eigenvalue weighted by Crippen LogP contribution is -2.47. The molecule has 0 saturated heterocycles. The fraction of sp³-hybridized carbons (Fsp3) is 0.909. The maximum atomic E-state index is 11.0. The standard InChI is InChI=1S/C11H22O3/c1-8(2)6-7-11(5,14)10(3,4)9(12)13/h8,14H,6-7H2,1-5H3,(H,12,13). The van der Waals surface area contributed by atoms with Crippen molar-refractivity contribution in [2.45, 2.75) is 53.1 Å². The van der Waals surface area contributed by atoms with Gasteiger partial charge in [-0.1, -0.05) is 13.8 Å². The molecule has 1 atom stereocenters. The Morgan fingerprint density at radius 1 is 1.29 bits per heavy atom. The molecule has 0 aliphatic carbocycles. The average Bonchev–Trinajstić information content (AvgIpc) is 2.00. The van der Waals surface area contributed by atoms with Gasteiger partial charge in [-0.05, 0) is 39.5 Å². The molecule has 0 aromatic rings. The summed E-state index contributed by atoms with van der Waals surface area (Å²) in [6, 6.07) is 0. The monoisotopic (exact) mass is 202 g/mol. The molecule has 0 aromatic carbocycles. The van der Waals surface area contributed by atoms with Crippen LogP contribution in [0.4, 0.5) is 0 Å². The van der Waals surface area contributed by atoms with E-state index in [1.165, 1.54) is 0 Å². The highest BCUT2D eigenvalue weighted by Crippen LogP contribution is 2.35. The molecule has 2 N–H and O–H groups in total. The Morgan fingerprint density at radius 2 is 1.71 bits per heavy atom. The Hall–Kier alpha value is -0.570. The highest BCUT2D eigenvalue weighted by molar-refractivity contribution is 5.75. The van der Waals surface area contributed by atoms with E-state index in [0.717, 1.165) is 6.42 Å². The van der Waals surface area contributed by atoms with Crippen molar-refractivity contribution in [3.63, 3.8) is 0 Å². The summed E-state index contributed by atoms with van der Waals surface area (Å²) in [6.45, 7) is 8.85. The van der Waals surface area contributed by atoms with Crippen molar-refractivity contribution in [3.8, 4) is 0 Å². The van der Waals surface area contributed by atoms with Gasteiger partial charge in [-0.25, -0.2) is 0 Å². The fourth-order valence-electron chi connectivity index (χ4n) is 1.11. The van der Waals surface area contributed by atoms with Crippen molar-refractivity contribution in [1.29, 1.82) is 0 Å². The summed E-state index contributed by atoms with van der Waals surface area (Å²) in [4.78, 5) is 11.0. The van der Waals surface area contributed by atoms with E-state index >= 15 is 0 Å². The predicted octanol–water partition coefficient (Wildman–Crippen LogP) is 2.28. The first-order valence-electron chi connectivity index (χ1n) is 5.07. The van der Waals surface area contributed by atoms with Crippen LogP contribution in [0.5, 0.6) is 0 Å². The smallest absolute Gasteiger partial charge is 0.311 e. The third-order valence-electron chi connectivity index (χ3n) is 3.09. The van der Waals surface area contributed by atoms with Crippen LogP contribution < -0.4 is 0 Å². The number of carbonyl (C=O) groups is 1. The summed E-state index contributed by atoms with van der Waals surface area (Å²) in [6.07, 6.45) is 1.35. The van der Waals surface area contributed by atoms with Crippen molar-refractivity contribution < 1.29 is 15.0 Å². The molecule has 84 valence electrons. The Kier molecular flexibility index (Phi) is 4.13. The molecule has 0 aromatic heterocycles. The molecule has 0 fully saturated rings. The first-order valence-corrected chi connectivity index (χ1v) is 5.07. The van der Waals surface area contributed by atoms with Crippen LogP contribution in [0.1, 0.15) is 47.5 Å². The van der Waals surface area contributed by atoms with Crippen LogP contribution in [-0.2, 0) is 4.79 Å². The normalized spacial score (nSPS) is 16.8. The molecule has 1 unspecified atom stereocenters. The molecule has 0 aliphatic rings. The average molecular weight is 202 g/mol. The number of hydrogen-bond donors (Lipinski definition) is 2. The highest BCUT2D eigenvalue weighted by atomic mass is 16.4. The Labute approximate surface area is 86.1 Å². The van der Waals surface area contributed by atoms with Gasteiger partial charge in [0.1, 0.15) is 0 Å². The minimum absolute atomic E-state index is 0.478. The number of carboxylic acid groups (broad SMARTS) is 1. The largest absolute Gasteiger partial charge is 0.481 e. The lowest BCUT2D eigenvalue weighted by Gasteiger charge is -2.37. The zero-order chi connectivity index (χ0) is 11.6. The number of rotatable bonds is 5. The minimum Gasteiger partial charge on any atom is -0.481 e. The van der Waals surface area contributed by atoms with Crippen LogP contribution in [0.2, 0.25) is 0 Å². The van der Waals surface area contributed by atoms with E-state index in [9.17, 15) is 9.90 Å². The fourth-order valence-corrected chi connectivity index (χ4v) is 1.11. The second kappa shape index (κ2) is 4.30. The minimum atomic E-state index is -1.15. The summed E-state index contributed by atoms with van der Waals surface area (Å²) in [5, 5.41) is 19.1. The van der Waals surface area contributed by atoms with Crippen molar-refractivity contribution in [2.75, 3.05) is 0 Å². The topological polar surface area (TPSA) is 57.5 Å². The second-order valence-corrected chi connectivity index (χ2v) is 5.14. The van der Waals surface area contributed by atoms with E-state index in [-0.39, 0.29) is 0 Å². The summed E-state index contributed by atoms with van der Waals surface area (Å²) in [5.74, 6) is -0.475. The molecule has 0 bridgehead atoms. The van der Waals surface area contributed by atoms with E-state index < -0.39 is 17.0 Å². The maximum Gasteiger partial charge on any atom is 0.311 e. The van der Waals surface area contributed by atoms with Crippen LogP contribution in [0.15, 0.2) is 0 Å². The molecule has 0 rings (SSSR count). The molecule has 0 heterocycles. The summed E-state index contributed by atoms with van der Waals surface area (Å²) >= 11 is 0. The molecule has 0 saturated carbocycles. The van der Waals surface area contributed by atoms with Gasteiger partial charge in [0.05, 0.1) is 11.0 Å². The summed E-state index contributed by atoms with van der Waals surface area (Å²) in [5.41, 5.74) is -2.25. The SMILES string of the molecule is CC(C)CCC(C)(O)C(C)(C)C(=O)O. The molecule has 0 spiro atoms. The molecule has 14 heavy (non-hydrogen) atoms. The first kappa shape index (κ1) is 13.4. The predicted molar refractivity (Wildman–Crippen MR) is 56.1 cm³/mol. The maximum absolute atomic E-state index is 11.0. The Morgan fingerprint density at radius 3 is 2.00 bits per heavy atom. The van der Waals surface area contributed by atoms with Crippen molar-refractivity contribution >= 4 is 5.97 Å². The molecule has 3 nitrogen and oxygen atoms in total. The highest BCUT2D eigenvalue weighted by Gasteiger charge is 2.45. The second-order valence-electron chi connectivity index (χ2n) is 5.14. The van der Waals surface area contributed by atoms with Gasteiger partial charge in [0.15, 0.2) is 0 Å². The van der Waals surface area contributed by atoms with Crippen LogP contribution >= 0.6 is 0 Å². The molecule has 0 radical (unpaired) electrons. The van der Waals surface area contributed by atoms with Gasteiger partial charge in [-0.15, -0.1) is 0 Å². The van der Waals surface area contributed by atoms with Gasteiger partial charge in [0.25, 0.3) is 0 Å². The van der Waals surface area contributed by atoms with Gasteiger partial charge >= 0.3 is 5.97 Å². The van der Waals surface area contributed by atoms with Crippen LogP contribution in [0, 0.1) is 11.3 Å². The van der Waals surface area contributed by atoms with Gasteiger partial charge in [-0.2, -0.15) is 0 Å². The number of hydrogen-bond acceptors (Lipinski definition) is 2. The number of aliphatic carboxylic acids is 1. The van der Waals surface area contributed by atoms with E-state index in [0.29, 0.717) is 12.3 Å². The van der Waals surface area contributed by atoms with Gasteiger partial charge < -0.3 is 10.2 Å². The van der Waals surface area contributed by atoms with Crippen LogP contribution in [0.3, 0.4) is 0 Å². The molecule has 0 amide bonds. The number of carboxylic acids is 1. The molecule has 0 aliphatic heterocycles. The van der Waals surface area contributed by atoms with E-state index in [1.807, 2.05) is 0 Å². The zero-order valence-electron chi connectivity index (χ0n) is 9.79. The molecular formula is C11H22O3. The van der Waals surface area contributed by atoms with Crippen molar-refractivity contribution in [2.24, 2.45) is 11.3 Å². The van der Waals surface area contributed by atoms with Crippen molar-refractivity contribution in [3.05, 3.63) is 0 Å². The van der Waals surface area contributed by atoms with E-state index in [2.05, 4.69) is 13.8 Å². The van der Waals surface area contributed by atoms with Crippen LogP contribution in [0.25, 0.3) is 0 Å². The van der Waals surface area contributed by atoms with Crippen molar-refractivity contribution in [1.82, 2.24) is 0 Å².